The van der Waals surface area contributed by atoms with Crippen molar-refractivity contribution >= 4 is 27.5 Å². The van der Waals surface area contributed by atoms with Crippen LogP contribution in [0.2, 0.25) is 5.02 Å². The lowest BCUT2D eigenvalue weighted by molar-refractivity contribution is -0.129. The molecule has 0 aliphatic carbocycles. The third kappa shape index (κ3) is 5.52. The van der Waals surface area contributed by atoms with Crippen molar-refractivity contribution in [3.63, 3.8) is 0 Å². The van der Waals surface area contributed by atoms with Gasteiger partial charge in [-0.1, -0.05) is 29.8 Å². The molecule has 2 aromatic rings. The van der Waals surface area contributed by atoms with E-state index < -0.39 is 15.8 Å². The van der Waals surface area contributed by atoms with E-state index in [9.17, 15) is 17.6 Å². The van der Waals surface area contributed by atoms with Crippen LogP contribution in [0.5, 0.6) is 0 Å². The number of hydrogen-bond donors (Lipinski definition) is 1. The predicted octanol–water partition coefficient (Wildman–Crippen LogP) is 2.81. The van der Waals surface area contributed by atoms with Gasteiger partial charge in [-0.25, -0.2) is 17.5 Å². The van der Waals surface area contributed by atoms with E-state index >= 15 is 0 Å². The first kappa shape index (κ1) is 19.4. The van der Waals surface area contributed by atoms with Gasteiger partial charge >= 0.3 is 0 Å². The summed E-state index contributed by atoms with van der Waals surface area (Å²) in [5, 5.41) is 0.437. The molecule has 0 fully saturated rings. The fourth-order valence-corrected chi connectivity index (χ4v) is 3.34. The fraction of sp³-hybridized carbons (Fsp3) is 0.235. The van der Waals surface area contributed by atoms with E-state index in [0.29, 0.717) is 10.6 Å². The number of rotatable bonds is 7. The van der Waals surface area contributed by atoms with E-state index in [0.717, 1.165) is 0 Å². The molecule has 0 radical (unpaired) electrons. The molecule has 0 aliphatic heterocycles. The standard InChI is InChI=1S/C17H18ClFN2O3S/c1-13(22)21(12-14-4-2-3-5-17(14)19)11-10-20-25(23,24)16-8-6-15(18)7-9-16/h2-9,20H,10-12H2,1H3. The highest BCUT2D eigenvalue weighted by molar-refractivity contribution is 7.89. The van der Waals surface area contributed by atoms with E-state index in [-0.39, 0.29) is 30.4 Å². The molecule has 134 valence electrons. The van der Waals surface area contributed by atoms with Crippen LogP contribution in [0, 0.1) is 5.82 Å². The van der Waals surface area contributed by atoms with Gasteiger partial charge in [0.15, 0.2) is 0 Å². The van der Waals surface area contributed by atoms with Gasteiger partial charge in [0.25, 0.3) is 0 Å². The van der Waals surface area contributed by atoms with E-state index in [2.05, 4.69) is 4.72 Å². The Bertz CT molecular complexity index is 841. The Morgan fingerprint density at radius 2 is 1.80 bits per heavy atom. The van der Waals surface area contributed by atoms with Crippen LogP contribution in [-0.2, 0) is 21.4 Å². The number of sulfonamides is 1. The van der Waals surface area contributed by atoms with Gasteiger partial charge in [-0.3, -0.25) is 4.79 Å². The molecule has 0 bridgehead atoms. The maximum absolute atomic E-state index is 13.7. The fourth-order valence-electron chi connectivity index (χ4n) is 2.19. The van der Waals surface area contributed by atoms with Gasteiger partial charge in [0.1, 0.15) is 5.82 Å². The van der Waals surface area contributed by atoms with Gasteiger partial charge in [-0.05, 0) is 30.3 Å². The minimum atomic E-state index is -3.70. The molecule has 8 heteroatoms. The average Bonchev–Trinajstić information content (AvgIpc) is 2.56. The topological polar surface area (TPSA) is 66.5 Å². The average molecular weight is 385 g/mol. The minimum absolute atomic E-state index is 0.0129. The molecule has 2 aromatic carbocycles. The predicted molar refractivity (Wildman–Crippen MR) is 94.1 cm³/mol. The molecular formula is C17H18ClFN2O3S. The summed E-state index contributed by atoms with van der Waals surface area (Å²) in [6, 6.07) is 11.9. The lowest BCUT2D eigenvalue weighted by Gasteiger charge is -2.21. The molecule has 0 aliphatic rings. The van der Waals surface area contributed by atoms with Crippen LogP contribution in [0.15, 0.2) is 53.4 Å². The van der Waals surface area contributed by atoms with E-state index in [1.807, 2.05) is 0 Å². The first-order chi connectivity index (χ1) is 11.8. The number of amides is 1. The van der Waals surface area contributed by atoms with Crippen molar-refractivity contribution in [2.75, 3.05) is 13.1 Å². The van der Waals surface area contributed by atoms with Crippen molar-refractivity contribution in [3.05, 3.63) is 64.9 Å². The highest BCUT2D eigenvalue weighted by atomic mass is 35.5. The summed E-state index contributed by atoms with van der Waals surface area (Å²) in [6.07, 6.45) is 0. The van der Waals surface area contributed by atoms with Crippen molar-refractivity contribution in [2.24, 2.45) is 0 Å². The Morgan fingerprint density at radius 3 is 2.40 bits per heavy atom. The number of benzene rings is 2. The first-order valence-corrected chi connectivity index (χ1v) is 9.40. The van der Waals surface area contributed by atoms with Crippen LogP contribution in [0.4, 0.5) is 4.39 Å². The second-order valence-electron chi connectivity index (χ2n) is 5.38. The molecule has 0 spiro atoms. The minimum Gasteiger partial charge on any atom is -0.337 e. The Kier molecular flexibility index (Phi) is 6.52. The van der Waals surface area contributed by atoms with Gasteiger partial charge in [0.2, 0.25) is 15.9 Å². The number of halogens is 2. The Hall–Kier alpha value is -1.96. The number of carbonyl (C=O) groups excluding carboxylic acids is 1. The van der Waals surface area contributed by atoms with Crippen molar-refractivity contribution in [2.45, 2.75) is 18.4 Å². The monoisotopic (exact) mass is 384 g/mol. The molecule has 0 aromatic heterocycles. The smallest absolute Gasteiger partial charge is 0.240 e. The third-order valence-corrected chi connectivity index (χ3v) is 5.29. The molecule has 0 saturated heterocycles. The Morgan fingerprint density at radius 1 is 1.16 bits per heavy atom. The molecule has 1 amide bonds. The highest BCUT2D eigenvalue weighted by Gasteiger charge is 2.16. The summed E-state index contributed by atoms with van der Waals surface area (Å²) in [7, 11) is -3.70. The van der Waals surface area contributed by atoms with E-state index in [1.165, 1.54) is 42.2 Å². The largest absolute Gasteiger partial charge is 0.337 e. The number of nitrogens with one attached hydrogen (secondary N) is 1. The molecular weight excluding hydrogens is 367 g/mol. The summed E-state index contributed by atoms with van der Waals surface area (Å²) in [6.45, 7) is 1.56. The number of carbonyl (C=O) groups is 1. The molecule has 0 unspecified atom stereocenters. The maximum atomic E-state index is 13.7. The quantitative estimate of drug-likeness (QED) is 0.798. The summed E-state index contributed by atoms with van der Waals surface area (Å²) in [5.41, 5.74) is 0.373. The van der Waals surface area contributed by atoms with Gasteiger partial charge in [0.05, 0.1) is 4.90 Å². The van der Waals surface area contributed by atoms with Crippen LogP contribution < -0.4 is 4.72 Å². The molecule has 0 heterocycles. The Labute approximate surface area is 151 Å². The van der Waals surface area contributed by atoms with Crippen molar-refractivity contribution < 1.29 is 17.6 Å². The molecule has 1 N–H and O–H groups in total. The van der Waals surface area contributed by atoms with Gasteiger partial charge < -0.3 is 4.90 Å². The third-order valence-electron chi connectivity index (χ3n) is 3.56. The van der Waals surface area contributed by atoms with Crippen LogP contribution in [0.1, 0.15) is 12.5 Å². The van der Waals surface area contributed by atoms with Crippen molar-refractivity contribution in [1.29, 1.82) is 0 Å². The van der Waals surface area contributed by atoms with Crippen LogP contribution in [0.3, 0.4) is 0 Å². The number of hydrogen-bond acceptors (Lipinski definition) is 3. The first-order valence-electron chi connectivity index (χ1n) is 7.54. The van der Waals surface area contributed by atoms with Crippen LogP contribution in [0.25, 0.3) is 0 Å². The lowest BCUT2D eigenvalue weighted by Crippen LogP contribution is -2.37. The zero-order valence-electron chi connectivity index (χ0n) is 13.6. The molecule has 25 heavy (non-hydrogen) atoms. The highest BCUT2D eigenvalue weighted by Crippen LogP contribution is 2.14. The van der Waals surface area contributed by atoms with Crippen LogP contribution >= 0.6 is 11.6 Å². The van der Waals surface area contributed by atoms with Gasteiger partial charge in [-0.2, -0.15) is 0 Å². The number of nitrogens with zero attached hydrogens (tertiary/aromatic N) is 1. The van der Waals surface area contributed by atoms with Crippen molar-refractivity contribution in [1.82, 2.24) is 9.62 Å². The van der Waals surface area contributed by atoms with Crippen LogP contribution in [-0.4, -0.2) is 32.3 Å². The normalized spacial score (nSPS) is 11.3. The zero-order valence-corrected chi connectivity index (χ0v) is 15.1. The molecule has 2 rings (SSSR count). The van der Waals surface area contributed by atoms with E-state index in [1.54, 1.807) is 18.2 Å². The molecule has 0 saturated carbocycles. The molecule has 5 nitrogen and oxygen atoms in total. The van der Waals surface area contributed by atoms with Gasteiger partial charge in [0, 0.05) is 37.1 Å². The SMILES string of the molecule is CC(=O)N(CCNS(=O)(=O)c1ccc(Cl)cc1)Cc1ccccc1F. The zero-order chi connectivity index (χ0) is 18.4. The van der Waals surface area contributed by atoms with Crippen molar-refractivity contribution in [3.8, 4) is 0 Å². The summed E-state index contributed by atoms with van der Waals surface area (Å²) in [5.74, 6) is -0.676. The van der Waals surface area contributed by atoms with E-state index in [4.69, 9.17) is 11.6 Å². The summed E-state index contributed by atoms with van der Waals surface area (Å²) < 4.78 is 40.5. The lowest BCUT2D eigenvalue weighted by atomic mass is 10.2. The second kappa shape index (κ2) is 8.42. The maximum Gasteiger partial charge on any atom is 0.240 e. The second-order valence-corrected chi connectivity index (χ2v) is 7.59. The Balaban J connectivity index is 1.98. The summed E-state index contributed by atoms with van der Waals surface area (Å²) >= 11 is 5.74. The van der Waals surface area contributed by atoms with Gasteiger partial charge in [-0.15, -0.1) is 0 Å². The molecule has 0 atom stereocenters. The summed E-state index contributed by atoms with van der Waals surface area (Å²) in [4.78, 5) is 13.2.